The second kappa shape index (κ2) is 4.92. The van der Waals surface area contributed by atoms with Gasteiger partial charge in [-0.1, -0.05) is 13.8 Å². The zero-order chi connectivity index (χ0) is 4.28. The Kier molecular flexibility index (Phi) is 7.65. The van der Waals surface area contributed by atoms with Gasteiger partial charge in [0.15, 0.2) is 0 Å². The van der Waals surface area contributed by atoms with Gasteiger partial charge < -0.3 is 11.3 Å². The summed E-state index contributed by atoms with van der Waals surface area (Å²) in [5.74, 6) is 0.440. The molecule has 0 saturated carbocycles. The van der Waals surface area contributed by atoms with E-state index in [1.807, 2.05) is 13.8 Å². The van der Waals surface area contributed by atoms with Gasteiger partial charge in [0.05, 0.1) is 0 Å². The van der Waals surface area contributed by atoms with Crippen LogP contribution in [0.25, 0.3) is 0 Å². The first kappa shape index (κ1) is 9.33. The molecule has 0 rings (SSSR count). The molecule has 0 aromatic heterocycles. The SMILES string of the molecule is CC(C)CO.N. The van der Waals surface area contributed by atoms with E-state index in [-0.39, 0.29) is 6.15 Å². The summed E-state index contributed by atoms with van der Waals surface area (Å²) < 4.78 is 0. The van der Waals surface area contributed by atoms with Crippen molar-refractivity contribution in [1.29, 1.82) is 0 Å². The molecule has 0 aliphatic carbocycles. The molecule has 2 heteroatoms. The highest BCUT2D eigenvalue weighted by Gasteiger charge is 1.81. The lowest BCUT2D eigenvalue weighted by Gasteiger charge is -1.90. The van der Waals surface area contributed by atoms with Gasteiger partial charge in [-0.2, -0.15) is 0 Å². The van der Waals surface area contributed by atoms with E-state index in [1.165, 1.54) is 0 Å². The number of hydrogen-bond donors (Lipinski definition) is 2. The van der Waals surface area contributed by atoms with Gasteiger partial charge in [-0.3, -0.25) is 0 Å². The lowest BCUT2D eigenvalue weighted by molar-refractivity contribution is 0.248. The van der Waals surface area contributed by atoms with Gasteiger partial charge >= 0.3 is 0 Å². The van der Waals surface area contributed by atoms with Crippen LogP contribution in [-0.4, -0.2) is 11.7 Å². The molecule has 0 atom stereocenters. The van der Waals surface area contributed by atoms with Crippen LogP contribution in [-0.2, 0) is 0 Å². The lowest BCUT2D eigenvalue weighted by atomic mass is 10.2. The Bertz CT molecular complexity index is 21.5. The van der Waals surface area contributed by atoms with Crippen LogP contribution < -0.4 is 6.15 Å². The van der Waals surface area contributed by atoms with Gasteiger partial charge in [-0.15, -0.1) is 0 Å². The standard InChI is InChI=1S/C4H10O.H3N/c1-4(2)3-5;/h4-5H,3H2,1-2H3;1H3. The summed E-state index contributed by atoms with van der Waals surface area (Å²) in [6.07, 6.45) is 0. The summed E-state index contributed by atoms with van der Waals surface area (Å²) in [7, 11) is 0. The number of aliphatic hydroxyl groups excluding tert-OH is 1. The Morgan fingerprint density at radius 3 is 1.67 bits per heavy atom. The van der Waals surface area contributed by atoms with Crippen molar-refractivity contribution in [3.63, 3.8) is 0 Å². The van der Waals surface area contributed by atoms with Crippen molar-refractivity contribution in [2.45, 2.75) is 13.8 Å². The fourth-order valence-corrected chi connectivity index (χ4v) is 0. The van der Waals surface area contributed by atoms with Gasteiger partial charge in [0.2, 0.25) is 0 Å². The zero-order valence-electron chi connectivity index (χ0n) is 4.44. The minimum absolute atomic E-state index is 0. The average Bonchev–Trinajstić information content (AvgIpc) is 1.38. The van der Waals surface area contributed by atoms with Crippen LogP contribution in [0.1, 0.15) is 13.8 Å². The van der Waals surface area contributed by atoms with Crippen molar-refractivity contribution in [2.75, 3.05) is 6.61 Å². The lowest BCUT2D eigenvalue weighted by Crippen LogP contribution is -1.90. The Morgan fingerprint density at radius 2 is 1.67 bits per heavy atom. The second-order valence-corrected chi connectivity index (χ2v) is 1.58. The summed E-state index contributed by atoms with van der Waals surface area (Å²) in [4.78, 5) is 0. The smallest absolute Gasteiger partial charge is 0.0453 e. The topological polar surface area (TPSA) is 55.2 Å². The molecule has 0 aromatic rings. The van der Waals surface area contributed by atoms with Crippen LogP contribution in [0.3, 0.4) is 0 Å². The summed E-state index contributed by atoms with van der Waals surface area (Å²) in [5.41, 5.74) is 0. The molecule has 0 fully saturated rings. The Hall–Kier alpha value is -0.0800. The molecule has 2 nitrogen and oxygen atoms in total. The third kappa shape index (κ3) is 9.07. The molecule has 0 aliphatic heterocycles. The van der Waals surface area contributed by atoms with E-state index in [0.717, 1.165) is 0 Å². The molecule has 0 heterocycles. The predicted molar refractivity (Wildman–Crippen MR) is 26.9 cm³/mol. The summed E-state index contributed by atoms with van der Waals surface area (Å²) >= 11 is 0. The maximum absolute atomic E-state index is 8.14. The largest absolute Gasteiger partial charge is 0.396 e. The van der Waals surface area contributed by atoms with Crippen molar-refractivity contribution in [3.05, 3.63) is 0 Å². The Labute approximate surface area is 38.8 Å². The molecule has 0 bridgehead atoms. The number of rotatable bonds is 1. The first-order chi connectivity index (χ1) is 2.27. The Balaban J connectivity index is 0. The van der Waals surface area contributed by atoms with Gasteiger partial charge in [0.25, 0.3) is 0 Å². The van der Waals surface area contributed by atoms with Gasteiger partial charge in [-0.05, 0) is 5.92 Å². The highest BCUT2D eigenvalue weighted by molar-refractivity contribution is 4.32. The van der Waals surface area contributed by atoms with Crippen LogP contribution >= 0.6 is 0 Å². The van der Waals surface area contributed by atoms with Crippen LogP contribution in [0, 0.1) is 5.92 Å². The minimum Gasteiger partial charge on any atom is -0.396 e. The van der Waals surface area contributed by atoms with Crippen LogP contribution in [0.5, 0.6) is 0 Å². The first-order valence-corrected chi connectivity index (χ1v) is 1.88. The third-order valence-electron chi connectivity index (χ3n) is 0.365. The van der Waals surface area contributed by atoms with E-state index in [2.05, 4.69) is 0 Å². The molecule has 0 unspecified atom stereocenters. The van der Waals surface area contributed by atoms with Crippen LogP contribution in [0.15, 0.2) is 0 Å². The van der Waals surface area contributed by atoms with Crippen molar-refractivity contribution in [1.82, 2.24) is 6.15 Å². The predicted octanol–water partition coefficient (Wildman–Crippen LogP) is 0.797. The maximum Gasteiger partial charge on any atom is 0.0453 e. The monoisotopic (exact) mass is 91.1 g/mol. The van der Waals surface area contributed by atoms with Gasteiger partial charge in [0.1, 0.15) is 0 Å². The summed E-state index contributed by atoms with van der Waals surface area (Å²) in [6, 6.07) is 0. The van der Waals surface area contributed by atoms with Crippen LogP contribution in [0.4, 0.5) is 0 Å². The molecule has 40 valence electrons. The third-order valence-corrected chi connectivity index (χ3v) is 0.365. The normalized spacial score (nSPS) is 8.00. The van der Waals surface area contributed by atoms with Crippen molar-refractivity contribution in [3.8, 4) is 0 Å². The molecular formula is C4H13NO. The van der Waals surface area contributed by atoms with Crippen molar-refractivity contribution in [2.24, 2.45) is 5.92 Å². The van der Waals surface area contributed by atoms with E-state index >= 15 is 0 Å². The molecule has 0 aromatic carbocycles. The van der Waals surface area contributed by atoms with E-state index in [9.17, 15) is 0 Å². The molecule has 4 N–H and O–H groups in total. The number of aliphatic hydroxyl groups is 1. The second-order valence-electron chi connectivity index (χ2n) is 1.58. The molecule has 0 spiro atoms. The van der Waals surface area contributed by atoms with Crippen molar-refractivity contribution >= 4 is 0 Å². The zero-order valence-corrected chi connectivity index (χ0v) is 4.44. The molecule has 0 saturated heterocycles. The van der Waals surface area contributed by atoms with E-state index in [4.69, 9.17) is 5.11 Å². The number of hydrogen-bond acceptors (Lipinski definition) is 2. The molecular weight excluding hydrogens is 78.0 g/mol. The Morgan fingerprint density at radius 1 is 1.50 bits per heavy atom. The fraction of sp³-hybridized carbons (Fsp3) is 1.00. The highest BCUT2D eigenvalue weighted by Crippen LogP contribution is 1.83. The van der Waals surface area contributed by atoms with Gasteiger partial charge in [0, 0.05) is 6.61 Å². The van der Waals surface area contributed by atoms with Gasteiger partial charge in [-0.25, -0.2) is 0 Å². The van der Waals surface area contributed by atoms with Crippen LogP contribution in [0.2, 0.25) is 0 Å². The van der Waals surface area contributed by atoms with E-state index in [1.54, 1.807) is 0 Å². The fourth-order valence-electron chi connectivity index (χ4n) is 0. The van der Waals surface area contributed by atoms with Crippen molar-refractivity contribution < 1.29 is 5.11 Å². The quantitative estimate of drug-likeness (QED) is 0.501. The van der Waals surface area contributed by atoms with E-state index < -0.39 is 0 Å². The summed E-state index contributed by atoms with van der Waals surface area (Å²) in [6.45, 7) is 4.25. The average molecular weight is 91.2 g/mol. The minimum atomic E-state index is 0. The highest BCUT2D eigenvalue weighted by atomic mass is 16.3. The van der Waals surface area contributed by atoms with E-state index in [0.29, 0.717) is 12.5 Å². The molecule has 0 aliphatic rings. The first-order valence-electron chi connectivity index (χ1n) is 1.88. The maximum atomic E-state index is 8.14. The summed E-state index contributed by atoms with van der Waals surface area (Å²) in [5, 5.41) is 8.14. The molecule has 0 amide bonds. The molecule has 6 heavy (non-hydrogen) atoms. The molecule has 0 radical (unpaired) electrons.